The van der Waals surface area contributed by atoms with E-state index in [4.69, 9.17) is 9.47 Å². The van der Waals surface area contributed by atoms with Crippen LogP contribution in [0.25, 0.3) is 0 Å². The van der Waals surface area contributed by atoms with Crippen molar-refractivity contribution in [2.24, 2.45) is 65.1 Å². The summed E-state index contributed by atoms with van der Waals surface area (Å²) in [5.41, 5.74) is 0. The number of hydrogen-bond donors (Lipinski definition) is 0. The Morgan fingerprint density at radius 2 is 0.920 bits per heavy atom. The monoisotopic (exact) mass is 713 g/mol. The molecule has 0 amide bonds. The van der Waals surface area contributed by atoms with E-state index < -0.39 is 0 Å². The molecule has 0 radical (unpaired) electrons. The van der Waals surface area contributed by atoms with E-state index in [9.17, 15) is 14.4 Å². The molecule has 0 aromatic heterocycles. The van der Waals surface area contributed by atoms with Crippen molar-refractivity contribution >= 4 is 17.3 Å². The van der Waals surface area contributed by atoms with E-state index in [0.29, 0.717) is 35.9 Å². The first-order valence-corrected chi connectivity index (χ1v) is 20.6. The highest BCUT2D eigenvalue weighted by molar-refractivity contribution is 5.83. The summed E-state index contributed by atoms with van der Waals surface area (Å²) in [6.07, 6.45) is 6.65. The van der Waals surface area contributed by atoms with Crippen molar-refractivity contribution in [3.8, 4) is 0 Å². The largest absolute Gasteiger partial charge is 0.371 e. The maximum absolute atomic E-state index is 11.9. The summed E-state index contributed by atoms with van der Waals surface area (Å²) in [7, 11) is 0. The second kappa shape index (κ2) is 32.6. The zero-order valence-corrected chi connectivity index (χ0v) is 37.7. The van der Waals surface area contributed by atoms with Gasteiger partial charge in [0.05, 0.1) is 12.2 Å². The summed E-state index contributed by atoms with van der Waals surface area (Å²) >= 11 is 0. The molecule has 0 bridgehead atoms. The fraction of sp³-hybridized carbons (Fsp3) is 0.933. The minimum absolute atomic E-state index is 0.146. The van der Waals surface area contributed by atoms with Crippen molar-refractivity contribution in [1.29, 1.82) is 0 Å². The smallest absolute Gasteiger partial charge is 0.161 e. The highest BCUT2D eigenvalue weighted by Gasteiger charge is 2.25. The molecule has 5 heteroatoms. The van der Waals surface area contributed by atoms with E-state index in [2.05, 4.69) is 90.0 Å². The minimum atomic E-state index is 0.146. The topological polar surface area (TPSA) is 69.7 Å². The fourth-order valence-corrected chi connectivity index (χ4v) is 5.93. The number of carbonyl (C=O) groups excluding carboxylic acids is 3. The van der Waals surface area contributed by atoms with Gasteiger partial charge < -0.3 is 9.47 Å². The lowest BCUT2D eigenvalue weighted by Gasteiger charge is -2.26. The van der Waals surface area contributed by atoms with E-state index in [1.54, 1.807) is 0 Å². The van der Waals surface area contributed by atoms with Gasteiger partial charge in [0.15, 0.2) is 11.6 Å². The highest BCUT2D eigenvalue weighted by Crippen LogP contribution is 2.27. The van der Waals surface area contributed by atoms with Crippen LogP contribution in [0.2, 0.25) is 0 Å². The first-order valence-electron chi connectivity index (χ1n) is 20.6. The summed E-state index contributed by atoms with van der Waals surface area (Å²) < 4.78 is 10.5. The number of unbranched alkanes of at least 4 members (excludes halogenated alkanes) is 1. The van der Waals surface area contributed by atoms with Crippen LogP contribution in [-0.2, 0) is 23.9 Å². The number of Topliss-reactive ketones (excluding diaryl/α,β-unsaturated/α-hetero) is 3. The minimum Gasteiger partial charge on any atom is -0.371 e. The van der Waals surface area contributed by atoms with Crippen LogP contribution in [-0.4, -0.2) is 42.8 Å². The predicted octanol–water partition coefficient (Wildman–Crippen LogP) is 13.0. The van der Waals surface area contributed by atoms with Crippen LogP contribution in [0.1, 0.15) is 184 Å². The molecular formula is C45H92O5. The molecule has 0 aromatic carbocycles. The molecule has 0 fully saturated rings. The van der Waals surface area contributed by atoms with E-state index in [1.807, 2.05) is 55.4 Å². The number of ether oxygens (including phenoxy) is 2. The second-order valence-corrected chi connectivity index (χ2v) is 18.1. The quantitative estimate of drug-likeness (QED) is 0.112. The Balaban J connectivity index is -0.000000285. The van der Waals surface area contributed by atoms with E-state index in [-0.39, 0.29) is 54.7 Å². The molecule has 0 N–H and O–H groups in total. The molecule has 0 saturated heterocycles. The second-order valence-electron chi connectivity index (χ2n) is 18.1. The summed E-state index contributed by atoms with van der Waals surface area (Å²) in [6, 6.07) is 0. The Labute approximate surface area is 315 Å². The van der Waals surface area contributed by atoms with Crippen LogP contribution in [0.5, 0.6) is 0 Å². The maximum Gasteiger partial charge on any atom is 0.161 e. The third-order valence-electron chi connectivity index (χ3n) is 8.78. The van der Waals surface area contributed by atoms with Crippen LogP contribution < -0.4 is 0 Å². The van der Waals surface area contributed by atoms with Crippen LogP contribution in [0, 0.1) is 65.1 Å². The molecule has 302 valence electrons. The summed E-state index contributed by atoms with van der Waals surface area (Å²) in [5.74, 6) is 6.97. The summed E-state index contributed by atoms with van der Waals surface area (Å²) in [6.45, 7) is 45.5. The van der Waals surface area contributed by atoms with Crippen LogP contribution in [0.3, 0.4) is 0 Å². The van der Waals surface area contributed by atoms with E-state index >= 15 is 0 Å². The van der Waals surface area contributed by atoms with Crippen molar-refractivity contribution in [1.82, 2.24) is 0 Å². The fourth-order valence-electron chi connectivity index (χ4n) is 5.93. The summed E-state index contributed by atoms with van der Waals surface area (Å²) in [5, 5.41) is 0. The molecule has 50 heavy (non-hydrogen) atoms. The van der Waals surface area contributed by atoms with Gasteiger partial charge in [-0.2, -0.15) is 0 Å². The van der Waals surface area contributed by atoms with Gasteiger partial charge in [-0.1, -0.05) is 131 Å². The van der Waals surface area contributed by atoms with Gasteiger partial charge in [0.2, 0.25) is 0 Å². The zero-order valence-electron chi connectivity index (χ0n) is 37.7. The molecule has 0 heterocycles. The van der Waals surface area contributed by atoms with Crippen molar-refractivity contribution in [2.75, 3.05) is 13.2 Å². The van der Waals surface area contributed by atoms with Crippen molar-refractivity contribution in [3.05, 3.63) is 0 Å². The van der Waals surface area contributed by atoms with E-state index in [0.717, 1.165) is 49.4 Å². The first kappa shape index (κ1) is 55.7. The first-order chi connectivity index (χ1) is 22.8. The Morgan fingerprint density at radius 3 is 1.20 bits per heavy atom. The lowest BCUT2D eigenvalue weighted by Crippen LogP contribution is -2.25. The van der Waals surface area contributed by atoms with Crippen molar-refractivity contribution < 1.29 is 23.9 Å². The lowest BCUT2D eigenvalue weighted by atomic mass is 9.80. The average Bonchev–Trinajstić information content (AvgIpc) is 2.96. The van der Waals surface area contributed by atoms with Gasteiger partial charge in [0.1, 0.15) is 19.0 Å². The lowest BCUT2D eigenvalue weighted by molar-refractivity contribution is -0.130. The Kier molecular flexibility index (Phi) is 36.3. The normalized spacial score (nSPS) is 13.0. The van der Waals surface area contributed by atoms with E-state index in [1.165, 1.54) is 6.42 Å². The number of ketones is 3. The Morgan fingerprint density at radius 1 is 0.500 bits per heavy atom. The molecule has 2 unspecified atom stereocenters. The van der Waals surface area contributed by atoms with Gasteiger partial charge >= 0.3 is 0 Å². The molecule has 0 aliphatic carbocycles. The van der Waals surface area contributed by atoms with Gasteiger partial charge in [-0.25, -0.2) is 0 Å². The van der Waals surface area contributed by atoms with Gasteiger partial charge in [0, 0.05) is 24.2 Å². The van der Waals surface area contributed by atoms with Crippen molar-refractivity contribution in [2.45, 2.75) is 196 Å². The van der Waals surface area contributed by atoms with Gasteiger partial charge in [-0.15, -0.1) is 0 Å². The van der Waals surface area contributed by atoms with Crippen LogP contribution in [0.4, 0.5) is 0 Å². The Hall–Kier alpha value is -1.07. The standard InChI is InChI=1S/C13H26O2.C12H24O.C11H24.C9H18O2/c1-6-7-8-12(10(2)3)13(14)9-15-11(4)5;1-8(2)7-11(9(3)4)12(13)10(5)6;1-8(2)7-11(9(3)4)10(5)6;1-7(2)5-9(10)6-11-8(3)4/h10-12H,6-9H2,1-5H3;8-11H,7H2,1-6H3;8-11H,7H2,1-6H3;7-8H,5-6H2,1-4H3. The van der Waals surface area contributed by atoms with Gasteiger partial charge in [-0.3, -0.25) is 14.4 Å². The molecular weight excluding hydrogens is 620 g/mol. The molecule has 0 spiro atoms. The number of carbonyl (C=O) groups is 3. The maximum atomic E-state index is 11.9. The number of hydrogen-bond acceptors (Lipinski definition) is 5. The SMILES string of the molecule is CC(C)CC(=O)COC(C)C.CC(C)CC(C(=O)C(C)C)C(C)C.CC(C)CC(C(C)C)C(C)C.CCCCC(C(=O)COC(C)C)C(C)C. The van der Waals surface area contributed by atoms with Gasteiger partial charge in [-0.05, 0) is 94.3 Å². The van der Waals surface area contributed by atoms with Crippen LogP contribution in [0.15, 0.2) is 0 Å². The molecule has 0 saturated carbocycles. The third-order valence-corrected chi connectivity index (χ3v) is 8.78. The molecule has 5 nitrogen and oxygen atoms in total. The Bertz CT molecular complexity index is 796. The van der Waals surface area contributed by atoms with Crippen LogP contribution >= 0.6 is 0 Å². The molecule has 0 aliphatic heterocycles. The zero-order chi connectivity index (χ0) is 40.3. The molecule has 0 rings (SSSR count). The average molecular weight is 713 g/mol. The predicted molar refractivity (Wildman–Crippen MR) is 220 cm³/mol. The highest BCUT2D eigenvalue weighted by atomic mass is 16.5. The summed E-state index contributed by atoms with van der Waals surface area (Å²) in [4.78, 5) is 34.7. The third kappa shape index (κ3) is 35.3. The molecule has 2 atom stereocenters. The number of rotatable bonds is 22. The van der Waals surface area contributed by atoms with Gasteiger partial charge in [0.25, 0.3) is 0 Å². The molecule has 0 aromatic rings. The molecule has 0 aliphatic rings. The van der Waals surface area contributed by atoms with Crippen molar-refractivity contribution in [3.63, 3.8) is 0 Å².